The molecule has 10 rings (SSSR count). The van der Waals surface area contributed by atoms with E-state index >= 15 is 0 Å². The monoisotopic (exact) mass is 661 g/mol. The Morgan fingerprint density at radius 3 is 1.62 bits per heavy atom. The van der Waals surface area contributed by atoms with Gasteiger partial charge in [-0.15, -0.1) is 0 Å². The Labute approximate surface area is 301 Å². The van der Waals surface area contributed by atoms with Gasteiger partial charge in [-0.2, -0.15) is 0 Å². The summed E-state index contributed by atoms with van der Waals surface area (Å²) in [5.41, 5.74) is 7.39. The van der Waals surface area contributed by atoms with E-state index in [9.17, 15) is 0 Å². The first-order valence-corrected chi connectivity index (χ1v) is 17.6. The molecule has 0 aliphatic rings. The zero-order chi connectivity index (χ0) is 34.4. The molecule has 0 saturated carbocycles. The third kappa shape index (κ3) is 5.10. The highest BCUT2D eigenvalue weighted by Crippen LogP contribution is 2.43. The van der Waals surface area contributed by atoms with E-state index in [1.165, 1.54) is 54.2 Å². The second-order valence-corrected chi connectivity index (χ2v) is 13.2. The van der Waals surface area contributed by atoms with Crippen LogP contribution in [0, 0.1) is 0 Å². The third-order valence-corrected chi connectivity index (χ3v) is 10.1. The molecule has 0 N–H and O–H groups in total. The van der Waals surface area contributed by atoms with Gasteiger partial charge in [0, 0.05) is 16.7 Å². The van der Waals surface area contributed by atoms with Gasteiger partial charge in [0.2, 0.25) is 0 Å². The van der Waals surface area contributed by atoms with Crippen molar-refractivity contribution in [1.29, 1.82) is 0 Å². The number of benzene rings is 9. The van der Waals surface area contributed by atoms with Gasteiger partial charge in [-0.3, -0.25) is 0 Å². The van der Waals surface area contributed by atoms with Crippen molar-refractivity contribution in [3.63, 3.8) is 0 Å². The highest BCUT2D eigenvalue weighted by molar-refractivity contribution is 6.21. The topological polar surface area (TPSA) is 38.7 Å². The van der Waals surface area contributed by atoms with Crippen molar-refractivity contribution >= 4 is 43.1 Å². The van der Waals surface area contributed by atoms with Crippen LogP contribution in [0.1, 0.15) is 0 Å². The fourth-order valence-corrected chi connectivity index (χ4v) is 7.65. The Morgan fingerprint density at radius 2 is 0.788 bits per heavy atom. The normalized spacial score (nSPS) is 11.5. The van der Waals surface area contributed by atoms with Crippen LogP contribution in [0.5, 0.6) is 0 Å². The van der Waals surface area contributed by atoms with Crippen molar-refractivity contribution in [3.8, 4) is 56.4 Å². The SMILES string of the molecule is c1ccc(-c2nc(-c3cccc(-c4cccc5ccccc45)c3)nc(-c3ccccc3-c3c4ccccc4cc4c3ccc3ccccc34)n2)cc1. The van der Waals surface area contributed by atoms with Gasteiger partial charge in [0.1, 0.15) is 0 Å². The quantitative estimate of drug-likeness (QED) is 0.136. The van der Waals surface area contributed by atoms with E-state index < -0.39 is 0 Å². The van der Waals surface area contributed by atoms with Gasteiger partial charge in [0.25, 0.3) is 0 Å². The van der Waals surface area contributed by atoms with Gasteiger partial charge in [-0.05, 0) is 77.5 Å². The molecule has 52 heavy (non-hydrogen) atoms. The minimum atomic E-state index is 0.634. The molecule has 0 aliphatic carbocycles. The van der Waals surface area contributed by atoms with Gasteiger partial charge in [0.05, 0.1) is 0 Å². The number of fused-ring (bicyclic) bond motifs is 5. The Kier molecular flexibility index (Phi) is 7.14. The van der Waals surface area contributed by atoms with Crippen LogP contribution in [0.15, 0.2) is 188 Å². The van der Waals surface area contributed by atoms with Crippen LogP contribution in [0.4, 0.5) is 0 Å². The molecule has 0 fully saturated rings. The van der Waals surface area contributed by atoms with Crippen molar-refractivity contribution in [1.82, 2.24) is 15.0 Å². The van der Waals surface area contributed by atoms with Crippen LogP contribution in [-0.4, -0.2) is 15.0 Å². The van der Waals surface area contributed by atoms with Crippen molar-refractivity contribution in [3.05, 3.63) is 188 Å². The van der Waals surface area contributed by atoms with Crippen LogP contribution in [0.2, 0.25) is 0 Å². The van der Waals surface area contributed by atoms with Crippen molar-refractivity contribution in [2.45, 2.75) is 0 Å². The highest BCUT2D eigenvalue weighted by Gasteiger charge is 2.19. The Balaban J connectivity index is 1.22. The molecule has 10 aromatic rings. The first-order chi connectivity index (χ1) is 25.8. The molecule has 0 aliphatic heterocycles. The fraction of sp³-hybridized carbons (Fsp3) is 0. The zero-order valence-electron chi connectivity index (χ0n) is 28.2. The standard InChI is InChI=1S/C49H31N3/c1-2-16-34(17-3-1)47-50-48(37-21-12-20-35(30-37)40-27-13-19-32-14-4-7-22-38(32)40)52-49(51-47)44-26-11-10-25-42(44)46-41-24-9-6-18-36(41)31-45-39-23-8-5-15-33(39)28-29-43(45)46/h1-31H. The number of aromatic nitrogens is 3. The number of hydrogen-bond acceptors (Lipinski definition) is 3. The van der Waals surface area contributed by atoms with Gasteiger partial charge >= 0.3 is 0 Å². The van der Waals surface area contributed by atoms with E-state index in [0.717, 1.165) is 27.8 Å². The van der Waals surface area contributed by atoms with Crippen LogP contribution in [0.3, 0.4) is 0 Å². The minimum Gasteiger partial charge on any atom is -0.208 e. The summed E-state index contributed by atoms with van der Waals surface area (Å²) in [5, 5.41) is 9.71. The fourth-order valence-electron chi connectivity index (χ4n) is 7.65. The summed E-state index contributed by atoms with van der Waals surface area (Å²) >= 11 is 0. The summed E-state index contributed by atoms with van der Waals surface area (Å²) in [6.45, 7) is 0. The minimum absolute atomic E-state index is 0.634. The highest BCUT2D eigenvalue weighted by atomic mass is 15.0. The van der Waals surface area contributed by atoms with Crippen molar-refractivity contribution in [2.24, 2.45) is 0 Å². The summed E-state index contributed by atoms with van der Waals surface area (Å²) in [5.74, 6) is 1.91. The van der Waals surface area contributed by atoms with Gasteiger partial charge in [0.15, 0.2) is 17.5 Å². The van der Waals surface area contributed by atoms with Gasteiger partial charge in [-0.25, -0.2) is 15.0 Å². The lowest BCUT2D eigenvalue weighted by Gasteiger charge is -2.17. The summed E-state index contributed by atoms with van der Waals surface area (Å²) in [4.78, 5) is 15.6. The van der Waals surface area contributed by atoms with Crippen LogP contribution in [0.25, 0.3) is 99.5 Å². The molecule has 9 aromatic carbocycles. The summed E-state index contributed by atoms with van der Waals surface area (Å²) in [6.07, 6.45) is 0. The zero-order valence-corrected chi connectivity index (χ0v) is 28.2. The second kappa shape index (κ2) is 12.4. The maximum absolute atomic E-state index is 5.27. The maximum Gasteiger partial charge on any atom is 0.164 e. The average Bonchev–Trinajstić information content (AvgIpc) is 3.23. The lowest BCUT2D eigenvalue weighted by molar-refractivity contribution is 1.07. The molecule has 242 valence electrons. The van der Waals surface area contributed by atoms with E-state index in [4.69, 9.17) is 15.0 Å². The molecular formula is C49H31N3. The van der Waals surface area contributed by atoms with E-state index in [0.29, 0.717) is 17.5 Å². The molecule has 0 amide bonds. The Bertz CT molecular complexity index is 2960. The first kappa shape index (κ1) is 29.9. The number of nitrogens with zero attached hydrogens (tertiary/aromatic N) is 3. The van der Waals surface area contributed by atoms with Crippen LogP contribution >= 0.6 is 0 Å². The first-order valence-electron chi connectivity index (χ1n) is 17.6. The number of hydrogen-bond donors (Lipinski definition) is 0. The lowest BCUT2D eigenvalue weighted by Crippen LogP contribution is -2.01. The smallest absolute Gasteiger partial charge is 0.164 e. The predicted octanol–water partition coefficient (Wildman–Crippen LogP) is 12.8. The van der Waals surface area contributed by atoms with E-state index in [1.807, 2.05) is 18.2 Å². The number of rotatable bonds is 5. The van der Waals surface area contributed by atoms with Crippen molar-refractivity contribution in [2.75, 3.05) is 0 Å². The van der Waals surface area contributed by atoms with Gasteiger partial charge < -0.3 is 0 Å². The molecule has 1 heterocycles. The van der Waals surface area contributed by atoms with Crippen LogP contribution < -0.4 is 0 Å². The molecule has 0 saturated heterocycles. The Morgan fingerprint density at radius 1 is 0.250 bits per heavy atom. The molecule has 1 aromatic heterocycles. The molecule has 0 bridgehead atoms. The average molecular weight is 662 g/mol. The molecular weight excluding hydrogens is 631 g/mol. The summed E-state index contributed by atoms with van der Waals surface area (Å²) < 4.78 is 0. The molecule has 0 atom stereocenters. The second-order valence-electron chi connectivity index (χ2n) is 13.2. The predicted molar refractivity (Wildman–Crippen MR) is 217 cm³/mol. The third-order valence-electron chi connectivity index (χ3n) is 10.1. The summed E-state index contributed by atoms with van der Waals surface area (Å²) in [7, 11) is 0. The molecule has 0 unspecified atom stereocenters. The molecule has 0 spiro atoms. The van der Waals surface area contributed by atoms with Gasteiger partial charge in [-0.1, -0.05) is 176 Å². The maximum atomic E-state index is 5.27. The van der Waals surface area contributed by atoms with E-state index in [1.54, 1.807) is 0 Å². The Hall–Kier alpha value is -6.97. The van der Waals surface area contributed by atoms with E-state index in [-0.39, 0.29) is 0 Å². The van der Waals surface area contributed by atoms with Crippen molar-refractivity contribution < 1.29 is 0 Å². The van der Waals surface area contributed by atoms with Crippen LogP contribution in [-0.2, 0) is 0 Å². The lowest BCUT2D eigenvalue weighted by atomic mass is 9.88. The summed E-state index contributed by atoms with van der Waals surface area (Å²) in [6, 6.07) is 66.4. The molecule has 3 heteroatoms. The molecule has 3 nitrogen and oxygen atoms in total. The largest absolute Gasteiger partial charge is 0.208 e. The van der Waals surface area contributed by atoms with E-state index in [2.05, 4.69) is 170 Å². The molecule has 0 radical (unpaired) electrons.